The van der Waals surface area contributed by atoms with Crippen molar-refractivity contribution in [3.8, 4) is 0 Å². The lowest BCUT2D eigenvalue weighted by Gasteiger charge is -2.25. The maximum atomic E-state index is 10.9. The zero-order valence-corrected chi connectivity index (χ0v) is 10.3. The number of aromatic nitrogens is 1. The van der Waals surface area contributed by atoms with Crippen LogP contribution in [0.3, 0.4) is 0 Å². The van der Waals surface area contributed by atoms with Gasteiger partial charge in [-0.1, -0.05) is 19.9 Å². The minimum absolute atomic E-state index is 0.122. The van der Waals surface area contributed by atoms with Crippen molar-refractivity contribution in [3.63, 3.8) is 0 Å². The molecule has 2 rings (SSSR count). The first-order valence-corrected chi connectivity index (χ1v) is 6.05. The third-order valence-electron chi connectivity index (χ3n) is 2.80. The summed E-state index contributed by atoms with van der Waals surface area (Å²) in [7, 11) is 0. The average Bonchev–Trinajstić information content (AvgIpc) is 3.09. The van der Waals surface area contributed by atoms with Crippen molar-refractivity contribution in [2.24, 2.45) is 5.92 Å². The van der Waals surface area contributed by atoms with Crippen molar-refractivity contribution in [2.45, 2.75) is 32.7 Å². The summed E-state index contributed by atoms with van der Waals surface area (Å²) in [6.45, 7) is 5.26. The summed E-state index contributed by atoms with van der Waals surface area (Å²) in [5.41, 5.74) is 0.122. The second kappa shape index (κ2) is 4.73. The van der Waals surface area contributed by atoms with Crippen LogP contribution in [0.5, 0.6) is 0 Å². The number of rotatable bonds is 5. The standard InChI is InChI=1S/C13H18N2O2/c1-9(2)8-15(10-6-7-10)12-5-3-4-11(14-12)13(16)17/h3-5,9-10H,6-8H2,1-2H3,(H,16,17). The Bertz CT molecular complexity index is 414. The highest BCUT2D eigenvalue weighted by atomic mass is 16.4. The number of carbonyl (C=O) groups is 1. The van der Waals surface area contributed by atoms with Crippen LogP contribution in [0.25, 0.3) is 0 Å². The molecule has 0 spiro atoms. The van der Waals surface area contributed by atoms with Crippen molar-refractivity contribution >= 4 is 11.8 Å². The van der Waals surface area contributed by atoms with Crippen LogP contribution in [0, 0.1) is 5.92 Å². The molecule has 1 aliphatic carbocycles. The number of carboxylic acids is 1. The summed E-state index contributed by atoms with van der Waals surface area (Å²) in [6, 6.07) is 5.75. The largest absolute Gasteiger partial charge is 0.477 e. The van der Waals surface area contributed by atoms with Gasteiger partial charge in [-0.05, 0) is 30.9 Å². The molecular formula is C13H18N2O2. The van der Waals surface area contributed by atoms with Gasteiger partial charge in [0, 0.05) is 12.6 Å². The van der Waals surface area contributed by atoms with Crippen LogP contribution >= 0.6 is 0 Å². The van der Waals surface area contributed by atoms with Gasteiger partial charge in [-0.25, -0.2) is 9.78 Å². The van der Waals surface area contributed by atoms with Crippen LogP contribution in [0.15, 0.2) is 18.2 Å². The second-order valence-electron chi connectivity index (χ2n) is 4.96. The van der Waals surface area contributed by atoms with E-state index in [1.54, 1.807) is 6.07 Å². The van der Waals surface area contributed by atoms with Crippen LogP contribution in [-0.4, -0.2) is 28.6 Å². The molecule has 0 saturated heterocycles. The van der Waals surface area contributed by atoms with E-state index in [2.05, 4.69) is 23.7 Å². The Hall–Kier alpha value is -1.58. The van der Waals surface area contributed by atoms with Crippen LogP contribution in [-0.2, 0) is 0 Å². The summed E-state index contributed by atoms with van der Waals surface area (Å²) in [4.78, 5) is 17.3. The molecule has 1 N–H and O–H groups in total. The molecule has 1 fully saturated rings. The predicted molar refractivity (Wildman–Crippen MR) is 66.4 cm³/mol. The Kier molecular flexibility index (Phi) is 3.31. The molecule has 1 aromatic rings. The third-order valence-corrected chi connectivity index (χ3v) is 2.80. The third kappa shape index (κ3) is 2.96. The van der Waals surface area contributed by atoms with Crippen LogP contribution in [0.4, 0.5) is 5.82 Å². The number of carboxylic acid groups (broad SMARTS) is 1. The molecule has 4 nitrogen and oxygen atoms in total. The van der Waals surface area contributed by atoms with E-state index in [4.69, 9.17) is 5.11 Å². The second-order valence-corrected chi connectivity index (χ2v) is 4.96. The van der Waals surface area contributed by atoms with Crippen molar-refractivity contribution < 1.29 is 9.90 Å². The summed E-state index contributed by atoms with van der Waals surface area (Å²) in [5, 5.41) is 8.95. The van der Waals surface area contributed by atoms with Gasteiger partial charge >= 0.3 is 5.97 Å². The number of pyridine rings is 1. The summed E-state index contributed by atoms with van der Waals surface area (Å²) in [6.07, 6.45) is 2.37. The van der Waals surface area contributed by atoms with E-state index in [1.165, 1.54) is 18.9 Å². The van der Waals surface area contributed by atoms with Crippen molar-refractivity contribution in [1.29, 1.82) is 0 Å². The van der Waals surface area contributed by atoms with Gasteiger partial charge in [-0.3, -0.25) is 0 Å². The number of anilines is 1. The van der Waals surface area contributed by atoms with Gasteiger partial charge in [0.25, 0.3) is 0 Å². The Labute approximate surface area is 101 Å². The smallest absolute Gasteiger partial charge is 0.354 e. The van der Waals surface area contributed by atoms with E-state index in [0.29, 0.717) is 12.0 Å². The molecule has 0 unspecified atom stereocenters. The average molecular weight is 234 g/mol. The Morgan fingerprint density at radius 3 is 2.76 bits per heavy atom. The molecule has 0 bridgehead atoms. The Morgan fingerprint density at radius 2 is 2.24 bits per heavy atom. The molecule has 17 heavy (non-hydrogen) atoms. The first-order valence-electron chi connectivity index (χ1n) is 6.05. The van der Waals surface area contributed by atoms with Crippen LogP contribution in [0.2, 0.25) is 0 Å². The van der Waals surface area contributed by atoms with Crippen molar-refractivity contribution in [3.05, 3.63) is 23.9 Å². The molecule has 0 atom stereocenters. The molecule has 0 radical (unpaired) electrons. The van der Waals surface area contributed by atoms with Gasteiger partial charge in [0.15, 0.2) is 5.69 Å². The zero-order chi connectivity index (χ0) is 12.4. The number of hydrogen-bond acceptors (Lipinski definition) is 3. The SMILES string of the molecule is CC(C)CN(c1cccc(C(=O)O)n1)C1CC1. The van der Waals surface area contributed by atoms with Crippen molar-refractivity contribution in [1.82, 2.24) is 4.98 Å². The number of nitrogens with zero attached hydrogens (tertiary/aromatic N) is 2. The molecule has 1 saturated carbocycles. The summed E-state index contributed by atoms with van der Waals surface area (Å²) < 4.78 is 0. The lowest BCUT2D eigenvalue weighted by molar-refractivity contribution is 0.0690. The quantitative estimate of drug-likeness (QED) is 0.850. The Morgan fingerprint density at radius 1 is 1.53 bits per heavy atom. The van der Waals surface area contributed by atoms with Gasteiger partial charge in [-0.15, -0.1) is 0 Å². The van der Waals surface area contributed by atoms with E-state index in [0.717, 1.165) is 12.4 Å². The van der Waals surface area contributed by atoms with Gasteiger partial charge in [-0.2, -0.15) is 0 Å². The van der Waals surface area contributed by atoms with Crippen LogP contribution in [0.1, 0.15) is 37.2 Å². The lowest BCUT2D eigenvalue weighted by atomic mass is 10.2. The minimum Gasteiger partial charge on any atom is -0.477 e. The molecule has 1 aliphatic rings. The van der Waals surface area contributed by atoms with Gasteiger partial charge in [0.05, 0.1) is 0 Å². The minimum atomic E-state index is -0.966. The molecule has 92 valence electrons. The first-order chi connectivity index (χ1) is 8.08. The first kappa shape index (κ1) is 11.9. The van der Waals surface area contributed by atoms with E-state index in [-0.39, 0.29) is 5.69 Å². The van der Waals surface area contributed by atoms with Gasteiger partial charge in [0.1, 0.15) is 5.82 Å². The summed E-state index contributed by atoms with van der Waals surface area (Å²) in [5.74, 6) is 0.374. The molecule has 1 heterocycles. The van der Waals surface area contributed by atoms with E-state index >= 15 is 0 Å². The lowest BCUT2D eigenvalue weighted by Crippen LogP contribution is -2.30. The van der Waals surface area contributed by atoms with E-state index in [1.807, 2.05) is 6.07 Å². The van der Waals surface area contributed by atoms with Gasteiger partial charge in [0.2, 0.25) is 0 Å². The molecule has 0 aromatic carbocycles. The topological polar surface area (TPSA) is 53.4 Å². The van der Waals surface area contributed by atoms with Crippen LogP contribution < -0.4 is 4.90 Å². The monoisotopic (exact) mass is 234 g/mol. The van der Waals surface area contributed by atoms with Gasteiger partial charge < -0.3 is 10.0 Å². The fourth-order valence-electron chi connectivity index (χ4n) is 1.91. The normalized spacial score (nSPS) is 15.0. The fourth-order valence-corrected chi connectivity index (χ4v) is 1.91. The molecule has 1 aromatic heterocycles. The predicted octanol–water partition coefficient (Wildman–Crippen LogP) is 2.40. The highest BCUT2D eigenvalue weighted by Gasteiger charge is 2.30. The summed E-state index contributed by atoms with van der Waals surface area (Å²) >= 11 is 0. The molecule has 0 amide bonds. The molecular weight excluding hydrogens is 216 g/mol. The Balaban J connectivity index is 2.22. The number of aromatic carboxylic acids is 1. The maximum Gasteiger partial charge on any atom is 0.354 e. The highest BCUT2D eigenvalue weighted by Crippen LogP contribution is 2.31. The number of hydrogen-bond donors (Lipinski definition) is 1. The molecule has 0 aliphatic heterocycles. The van der Waals surface area contributed by atoms with E-state index in [9.17, 15) is 4.79 Å². The zero-order valence-electron chi connectivity index (χ0n) is 10.3. The highest BCUT2D eigenvalue weighted by molar-refractivity contribution is 5.85. The maximum absolute atomic E-state index is 10.9. The van der Waals surface area contributed by atoms with E-state index < -0.39 is 5.97 Å². The fraction of sp³-hybridized carbons (Fsp3) is 0.538. The van der Waals surface area contributed by atoms with Crippen molar-refractivity contribution in [2.75, 3.05) is 11.4 Å². The molecule has 4 heteroatoms.